The van der Waals surface area contributed by atoms with E-state index in [9.17, 15) is 10.1 Å². The van der Waals surface area contributed by atoms with Gasteiger partial charge in [-0.3, -0.25) is 14.8 Å². The maximum absolute atomic E-state index is 10.9. The lowest BCUT2D eigenvalue weighted by Crippen LogP contribution is -2.05. The summed E-state index contributed by atoms with van der Waals surface area (Å²) in [6.07, 6.45) is 1.69. The molecule has 0 saturated carbocycles. The highest BCUT2D eigenvalue weighted by Crippen LogP contribution is 2.23. The van der Waals surface area contributed by atoms with Crippen LogP contribution < -0.4 is 5.32 Å². The quantitative estimate of drug-likeness (QED) is 0.573. The Morgan fingerprint density at radius 2 is 2.33 bits per heavy atom. The minimum Gasteiger partial charge on any atom is -0.374 e. The second kappa shape index (κ2) is 5.44. The molecule has 0 atom stereocenters. The third-order valence-electron chi connectivity index (χ3n) is 3.03. The van der Waals surface area contributed by atoms with Crippen molar-refractivity contribution in [1.82, 2.24) is 19.4 Å². The van der Waals surface area contributed by atoms with Gasteiger partial charge in [-0.1, -0.05) is 4.49 Å². The van der Waals surface area contributed by atoms with Crippen LogP contribution >= 0.6 is 11.5 Å². The molecule has 2 aromatic heterocycles. The van der Waals surface area contributed by atoms with E-state index in [0.29, 0.717) is 12.1 Å². The Balaban J connectivity index is 1.98. The van der Waals surface area contributed by atoms with Crippen LogP contribution in [0.1, 0.15) is 12.6 Å². The van der Waals surface area contributed by atoms with Crippen LogP contribution in [-0.4, -0.2) is 30.8 Å². The summed E-state index contributed by atoms with van der Waals surface area (Å²) in [6.45, 7) is 3.20. The molecule has 0 aliphatic rings. The highest BCUT2D eigenvalue weighted by atomic mass is 32.1. The lowest BCUT2D eigenvalue weighted by atomic mass is 10.2. The Morgan fingerprint density at radius 3 is 3.10 bits per heavy atom. The van der Waals surface area contributed by atoms with Crippen molar-refractivity contribution in [3.8, 4) is 0 Å². The molecule has 3 aromatic rings. The van der Waals surface area contributed by atoms with Crippen molar-refractivity contribution in [3.05, 3.63) is 40.2 Å². The normalized spacial score (nSPS) is 10.9. The molecule has 0 saturated heterocycles. The van der Waals surface area contributed by atoms with Gasteiger partial charge in [0.25, 0.3) is 5.69 Å². The number of rotatable bonds is 5. The van der Waals surface area contributed by atoms with E-state index in [-0.39, 0.29) is 5.69 Å². The third-order valence-corrected chi connectivity index (χ3v) is 3.76. The molecule has 2 heterocycles. The summed E-state index contributed by atoms with van der Waals surface area (Å²) in [5.74, 6) is 0. The van der Waals surface area contributed by atoms with E-state index in [1.807, 2.05) is 6.92 Å². The fraction of sp³-hybridized carbons (Fsp3) is 0.250. The van der Waals surface area contributed by atoms with Crippen LogP contribution in [0.2, 0.25) is 0 Å². The summed E-state index contributed by atoms with van der Waals surface area (Å²) < 4.78 is 5.62. The van der Waals surface area contributed by atoms with E-state index in [1.54, 1.807) is 16.9 Å². The topological polar surface area (TPSA) is 98.8 Å². The molecule has 0 bridgehead atoms. The van der Waals surface area contributed by atoms with Gasteiger partial charge in [-0.25, -0.2) is 0 Å². The van der Waals surface area contributed by atoms with E-state index in [4.69, 9.17) is 0 Å². The van der Waals surface area contributed by atoms with E-state index in [1.165, 1.54) is 23.7 Å². The van der Waals surface area contributed by atoms with Gasteiger partial charge in [0.15, 0.2) is 0 Å². The van der Waals surface area contributed by atoms with Gasteiger partial charge in [0.05, 0.1) is 23.2 Å². The summed E-state index contributed by atoms with van der Waals surface area (Å²) in [6, 6.07) is 4.69. The van der Waals surface area contributed by atoms with Gasteiger partial charge >= 0.3 is 0 Å². The molecule has 1 N–H and O–H groups in total. The van der Waals surface area contributed by atoms with Crippen LogP contribution in [-0.2, 0) is 6.54 Å². The highest BCUT2D eigenvalue weighted by molar-refractivity contribution is 7.10. The van der Waals surface area contributed by atoms with Crippen molar-refractivity contribution in [2.75, 3.05) is 11.9 Å². The van der Waals surface area contributed by atoms with Crippen molar-refractivity contribution in [3.63, 3.8) is 0 Å². The van der Waals surface area contributed by atoms with Crippen LogP contribution in [0.3, 0.4) is 0 Å². The summed E-state index contributed by atoms with van der Waals surface area (Å²) >= 11 is 1.29. The lowest BCUT2D eigenvalue weighted by Gasteiger charge is -2.04. The van der Waals surface area contributed by atoms with Gasteiger partial charge in [0.1, 0.15) is 10.7 Å². The summed E-state index contributed by atoms with van der Waals surface area (Å²) in [5, 5.41) is 24.2. The van der Waals surface area contributed by atoms with Crippen LogP contribution in [0.5, 0.6) is 0 Å². The molecular formula is C12H12N6O2S. The second-order valence-electron chi connectivity index (χ2n) is 4.38. The molecule has 108 valence electrons. The summed E-state index contributed by atoms with van der Waals surface area (Å²) in [7, 11) is 0. The molecule has 0 aliphatic carbocycles. The lowest BCUT2D eigenvalue weighted by molar-refractivity contribution is -0.384. The van der Waals surface area contributed by atoms with Crippen molar-refractivity contribution in [2.24, 2.45) is 0 Å². The minimum absolute atomic E-state index is 0.0487. The number of nitrogens with zero attached hydrogens (tertiary/aromatic N) is 5. The number of anilines is 1. The minimum atomic E-state index is -0.411. The van der Waals surface area contributed by atoms with Gasteiger partial charge < -0.3 is 5.32 Å². The van der Waals surface area contributed by atoms with Gasteiger partial charge in [0.2, 0.25) is 0 Å². The van der Waals surface area contributed by atoms with Crippen LogP contribution in [0, 0.1) is 10.1 Å². The van der Waals surface area contributed by atoms with Crippen molar-refractivity contribution < 1.29 is 4.92 Å². The zero-order valence-electron chi connectivity index (χ0n) is 11.2. The van der Waals surface area contributed by atoms with E-state index < -0.39 is 4.92 Å². The second-order valence-corrected chi connectivity index (χ2v) is 5.14. The van der Waals surface area contributed by atoms with Crippen molar-refractivity contribution in [2.45, 2.75) is 13.5 Å². The number of hydrogen-bond donors (Lipinski definition) is 1. The van der Waals surface area contributed by atoms with Crippen molar-refractivity contribution in [1.29, 1.82) is 0 Å². The Hall–Kier alpha value is -2.55. The number of nitrogens with one attached hydrogen (secondary N) is 1. The molecule has 0 radical (unpaired) electrons. The number of aromatic nitrogens is 4. The molecule has 8 nitrogen and oxygen atoms in total. The Kier molecular flexibility index (Phi) is 3.48. The average molecular weight is 304 g/mol. The first-order chi connectivity index (χ1) is 10.2. The fourth-order valence-electron chi connectivity index (χ4n) is 2.05. The predicted octanol–water partition coefficient (Wildman–Crippen LogP) is 2.28. The van der Waals surface area contributed by atoms with E-state index in [2.05, 4.69) is 20.0 Å². The summed E-state index contributed by atoms with van der Waals surface area (Å²) in [4.78, 5) is 10.5. The predicted molar refractivity (Wildman–Crippen MR) is 79.6 cm³/mol. The largest absolute Gasteiger partial charge is 0.374 e. The van der Waals surface area contributed by atoms with E-state index in [0.717, 1.165) is 22.6 Å². The molecule has 9 heteroatoms. The molecule has 0 aliphatic heterocycles. The average Bonchev–Trinajstić information content (AvgIpc) is 3.07. The molecule has 1 aromatic carbocycles. The molecule has 21 heavy (non-hydrogen) atoms. The number of fused-ring (bicyclic) bond motifs is 1. The zero-order valence-corrected chi connectivity index (χ0v) is 12.0. The first kappa shape index (κ1) is 13.4. The molecule has 3 rings (SSSR count). The van der Waals surface area contributed by atoms with Crippen molar-refractivity contribution >= 4 is 33.1 Å². The fourth-order valence-corrected chi connectivity index (χ4v) is 2.69. The van der Waals surface area contributed by atoms with Gasteiger partial charge in [-0.2, -0.15) is 5.10 Å². The Bertz CT molecular complexity index is 796. The number of benzene rings is 1. The number of hydrogen-bond acceptors (Lipinski definition) is 7. The molecule has 0 unspecified atom stereocenters. The maximum atomic E-state index is 10.9. The van der Waals surface area contributed by atoms with E-state index >= 15 is 0 Å². The van der Waals surface area contributed by atoms with Gasteiger partial charge in [-0.05, 0) is 13.0 Å². The number of nitro benzene ring substituents is 1. The number of non-ortho nitro benzene ring substituents is 1. The first-order valence-corrected chi connectivity index (χ1v) is 7.11. The standard InChI is InChI=1S/C12H12N6O2S/c1-2-13-12-10(15-16-21-12)7-17-11-5-9(18(19)20)4-3-8(11)6-14-17/h3-6,13H,2,7H2,1H3. The zero-order chi connectivity index (χ0) is 14.8. The highest BCUT2D eigenvalue weighted by Gasteiger charge is 2.13. The number of nitro groups is 1. The molecule has 0 spiro atoms. The Morgan fingerprint density at radius 1 is 1.48 bits per heavy atom. The third kappa shape index (κ3) is 2.55. The van der Waals surface area contributed by atoms with Crippen LogP contribution in [0.4, 0.5) is 10.7 Å². The summed E-state index contributed by atoms with van der Waals surface area (Å²) in [5.41, 5.74) is 1.53. The van der Waals surface area contributed by atoms with Crippen LogP contribution in [0.15, 0.2) is 24.4 Å². The first-order valence-electron chi connectivity index (χ1n) is 6.34. The van der Waals surface area contributed by atoms with Gasteiger partial charge in [-0.15, -0.1) is 5.10 Å². The smallest absolute Gasteiger partial charge is 0.271 e. The van der Waals surface area contributed by atoms with Crippen LogP contribution in [0.25, 0.3) is 10.9 Å². The molecule has 0 amide bonds. The maximum Gasteiger partial charge on any atom is 0.271 e. The SMILES string of the molecule is CCNc1snnc1Cn1ncc2ccc([N+](=O)[O-])cc21. The molecule has 0 fully saturated rings. The molecular weight excluding hydrogens is 292 g/mol. The Labute approximate surface area is 123 Å². The van der Waals surface area contributed by atoms with Gasteiger partial charge in [0, 0.05) is 35.6 Å². The monoisotopic (exact) mass is 304 g/mol.